The summed E-state index contributed by atoms with van der Waals surface area (Å²) >= 11 is 3.63. The van der Waals surface area contributed by atoms with Crippen LogP contribution in [0.5, 0.6) is 0 Å². The monoisotopic (exact) mass is 611 g/mol. The van der Waals surface area contributed by atoms with Crippen molar-refractivity contribution in [2.75, 3.05) is 24.0 Å². The first-order chi connectivity index (χ1) is 18.9. The van der Waals surface area contributed by atoms with Gasteiger partial charge in [-0.15, -0.1) is 28.2 Å². The van der Waals surface area contributed by atoms with Gasteiger partial charge in [-0.3, -0.25) is 19.3 Å². The third kappa shape index (κ3) is 6.04. The standard InChI is InChI=1S/C21H25N9O7S3/c1-21(2,3)18(34)37-8-36-17(33)13-9(6-40-20-25-27-28-29(20)4)5-38-16-12(15(32)30(13)16)24-14(31)11(26-35)10-7-39-19(22)23-10/h7,12,16,35H,5-6,8H2,1-4H3,(H2,22,23)(H,24,31)/b26-11-/t12?,16-/m1/s1. The van der Waals surface area contributed by atoms with Gasteiger partial charge in [-0.05, 0) is 36.8 Å². The van der Waals surface area contributed by atoms with E-state index in [0.29, 0.717) is 16.5 Å². The molecule has 0 spiro atoms. The number of fused-ring (bicyclic) bond motifs is 1. The van der Waals surface area contributed by atoms with Crippen LogP contribution in [0.25, 0.3) is 0 Å². The molecule has 2 aliphatic rings. The van der Waals surface area contributed by atoms with Gasteiger partial charge in [0.2, 0.25) is 11.9 Å². The number of nitrogen functional groups attached to an aromatic ring is 1. The van der Waals surface area contributed by atoms with Gasteiger partial charge >= 0.3 is 11.9 Å². The van der Waals surface area contributed by atoms with Crippen LogP contribution in [-0.2, 0) is 35.7 Å². The number of ether oxygens (including phenoxy) is 2. The number of aryl methyl sites for hydroxylation is 1. The molecule has 1 saturated heterocycles. The summed E-state index contributed by atoms with van der Waals surface area (Å²) in [5.41, 5.74) is 4.98. The molecule has 2 aromatic heterocycles. The molecule has 0 saturated carbocycles. The van der Waals surface area contributed by atoms with Crippen LogP contribution in [0.2, 0.25) is 0 Å². The van der Waals surface area contributed by atoms with E-state index in [1.165, 1.54) is 38.5 Å². The maximum Gasteiger partial charge on any atom is 0.357 e. The van der Waals surface area contributed by atoms with Crippen molar-refractivity contribution in [2.45, 2.75) is 37.3 Å². The molecule has 214 valence electrons. The Morgan fingerprint density at radius 1 is 1.32 bits per heavy atom. The summed E-state index contributed by atoms with van der Waals surface area (Å²) < 4.78 is 11.7. The largest absolute Gasteiger partial charge is 0.427 e. The fraction of sp³-hybridized carbons (Fsp3) is 0.476. The molecule has 2 aromatic rings. The first-order valence-electron chi connectivity index (χ1n) is 11.5. The summed E-state index contributed by atoms with van der Waals surface area (Å²) in [6.45, 7) is 4.33. The molecule has 1 unspecified atom stereocenters. The molecular weight excluding hydrogens is 586 g/mol. The molecule has 0 aromatic carbocycles. The second-order valence-electron chi connectivity index (χ2n) is 9.44. The van der Waals surface area contributed by atoms with Crippen LogP contribution in [0.15, 0.2) is 27.0 Å². The smallest absolute Gasteiger partial charge is 0.357 e. The van der Waals surface area contributed by atoms with Crippen LogP contribution in [0.3, 0.4) is 0 Å². The lowest BCUT2D eigenvalue weighted by Gasteiger charge is -2.49. The molecule has 0 radical (unpaired) electrons. The first kappa shape index (κ1) is 29.3. The molecule has 4 heterocycles. The number of rotatable bonds is 9. The number of nitrogens with zero attached hydrogens (tertiary/aromatic N) is 7. The number of nitrogens with one attached hydrogen (secondary N) is 1. The Bertz CT molecular complexity index is 1400. The zero-order valence-electron chi connectivity index (χ0n) is 21.7. The predicted octanol–water partition coefficient (Wildman–Crippen LogP) is -0.0366. The highest BCUT2D eigenvalue weighted by Crippen LogP contribution is 2.42. The molecule has 2 atom stereocenters. The fourth-order valence-corrected chi connectivity index (χ4v) is 6.40. The van der Waals surface area contributed by atoms with E-state index in [4.69, 9.17) is 15.2 Å². The number of thioether (sulfide) groups is 2. The molecule has 2 amide bonds. The number of nitrogens with two attached hydrogens (primary N) is 1. The molecule has 0 bridgehead atoms. The van der Waals surface area contributed by atoms with E-state index < -0.39 is 53.1 Å². The minimum Gasteiger partial charge on any atom is -0.427 e. The molecule has 19 heteroatoms. The minimum absolute atomic E-state index is 0.0167. The van der Waals surface area contributed by atoms with Crippen molar-refractivity contribution in [1.82, 2.24) is 35.4 Å². The Labute approximate surface area is 239 Å². The Kier molecular flexibility index (Phi) is 8.64. The summed E-state index contributed by atoms with van der Waals surface area (Å²) in [5.74, 6) is -2.29. The summed E-state index contributed by atoms with van der Waals surface area (Å²) in [7, 11) is 1.66. The maximum atomic E-state index is 13.2. The average Bonchev–Trinajstić information content (AvgIpc) is 3.52. The number of carbonyl (C=O) groups excluding carboxylic acids is 4. The normalized spacial score (nSPS) is 19.1. The number of anilines is 1. The maximum absolute atomic E-state index is 13.2. The third-order valence-electron chi connectivity index (χ3n) is 5.56. The summed E-state index contributed by atoms with van der Waals surface area (Å²) in [6.07, 6.45) is 0. The van der Waals surface area contributed by atoms with Gasteiger partial charge in [0.1, 0.15) is 22.8 Å². The summed E-state index contributed by atoms with van der Waals surface area (Å²) in [6, 6.07) is -1.02. The highest BCUT2D eigenvalue weighted by molar-refractivity contribution is 8.01. The lowest BCUT2D eigenvalue weighted by atomic mass is 9.98. The van der Waals surface area contributed by atoms with Crippen LogP contribution in [0.1, 0.15) is 26.5 Å². The molecule has 40 heavy (non-hydrogen) atoms. The van der Waals surface area contributed by atoms with Crippen molar-refractivity contribution in [3.8, 4) is 0 Å². The van der Waals surface area contributed by atoms with E-state index in [0.717, 1.165) is 11.3 Å². The minimum atomic E-state index is -1.02. The van der Waals surface area contributed by atoms with E-state index in [1.54, 1.807) is 27.8 Å². The van der Waals surface area contributed by atoms with Crippen molar-refractivity contribution in [3.63, 3.8) is 0 Å². The Morgan fingerprint density at radius 3 is 2.67 bits per heavy atom. The fourth-order valence-electron chi connectivity index (χ4n) is 3.52. The predicted molar refractivity (Wildman–Crippen MR) is 143 cm³/mol. The van der Waals surface area contributed by atoms with E-state index in [-0.39, 0.29) is 22.3 Å². The van der Waals surface area contributed by atoms with Gasteiger partial charge in [0.25, 0.3) is 11.8 Å². The Hall–Kier alpha value is -3.71. The molecular formula is C21H25N9O7S3. The van der Waals surface area contributed by atoms with Crippen molar-refractivity contribution in [3.05, 3.63) is 22.3 Å². The lowest BCUT2D eigenvalue weighted by molar-refractivity contribution is -0.173. The average molecular weight is 612 g/mol. The highest BCUT2D eigenvalue weighted by atomic mass is 32.2. The molecule has 2 aliphatic heterocycles. The molecule has 4 N–H and O–H groups in total. The van der Waals surface area contributed by atoms with Crippen LogP contribution >= 0.6 is 34.9 Å². The quantitative estimate of drug-likeness (QED) is 0.0645. The van der Waals surface area contributed by atoms with Gasteiger partial charge in [-0.1, -0.05) is 16.9 Å². The number of thiazole rings is 1. The summed E-state index contributed by atoms with van der Waals surface area (Å²) in [4.78, 5) is 56.4. The highest BCUT2D eigenvalue weighted by Gasteiger charge is 2.54. The van der Waals surface area contributed by atoms with Crippen molar-refractivity contribution in [2.24, 2.45) is 17.6 Å². The zero-order valence-corrected chi connectivity index (χ0v) is 24.1. The molecule has 1 fully saturated rings. The number of aromatic nitrogens is 5. The van der Waals surface area contributed by atoms with Gasteiger partial charge in [0, 0.05) is 23.9 Å². The van der Waals surface area contributed by atoms with E-state index in [9.17, 15) is 24.4 Å². The summed E-state index contributed by atoms with van der Waals surface area (Å²) in [5, 5.41) is 27.6. The van der Waals surface area contributed by atoms with Crippen LogP contribution < -0.4 is 11.1 Å². The second kappa shape index (κ2) is 11.8. The van der Waals surface area contributed by atoms with E-state index in [1.807, 2.05) is 0 Å². The zero-order chi connectivity index (χ0) is 29.2. The first-order valence-corrected chi connectivity index (χ1v) is 14.4. The number of tetrazole rings is 1. The van der Waals surface area contributed by atoms with Gasteiger partial charge < -0.3 is 25.7 Å². The van der Waals surface area contributed by atoms with E-state index >= 15 is 0 Å². The molecule has 4 rings (SSSR count). The number of amides is 2. The van der Waals surface area contributed by atoms with E-state index in [2.05, 4.69) is 31.0 Å². The number of oxime groups is 1. The second-order valence-corrected chi connectivity index (χ2v) is 12.4. The van der Waals surface area contributed by atoms with Crippen molar-refractivity contribution < 1.29 is 33.9 Å². The van der Waals surface area contributed by atoms with Crippen LogP contribution in [0.4, 0.5) is 5.13 Å². The number of β-lactam (4-membered cyclic amide) rings is 1. The number of hydrogen-bond donors (Lipinski definition) is 3. The van der Waals surface area contributed by atoms with Crippen molar-refractivity contribution >= 4 is 69.5 Å². The Balaban J connectivity index is 1.51. The molecule has 16 nitrogen and oxygen atoms in total. The number of esters is 2. The van der Waals surface area contributed by atoms with Gasteiger partial charge in [0.05, 0.1) is 5.41 Å². The van der Waals surface area contributed by atoms with Gasteiger partial charge in [-0.25, -0.2) is 14.5 Å². The molecule has 0 aliphatic carbocycles. The Morgan fingerprint density at radius 2 is 2.08 bits per heavy atom. The number of hydrogen-bond acceptors (Lipinski definition) is 16. The van der Waals surface area contributed by atoms with Gasteiger partial charge in [0.15, 0.2) is 10.8 Å². The SMILES string of the molecule is Cn1nnnc1SCC1=C(C(=O)OCOC(=O)C(C)(C)C)N2C(=O)C(NC(=O)/C(=N\O)c3csc(N)n3)[C@H]2SC1. The van der Waals surface area contributed by atoms with Crippen molar-refractivity contribution in [1.29, 1.82) is 0 Å². The van der Waals surface area contributed by atoms with Crippen LogP contribution in [0, 0.1) is 5.41 Å². The topological polar surface area (TPSA) is 217 Å². The third-order valence-corrected chi connectivity index (χ3v) is 8.67. The van der Waals surface area contributed by atoms with Crippen LogP contribution in [-0.4, -0.2) is 94.5 Å². The number of carbonyl (C=O) groups is 4. The van der Waals surface area contributed by atoms with Gasteiger partial charge in [-0.2, -0.15) is 0 Å². The lowest BCUT2D eigenvalue weighted by Crippen LogP contribution is -2.71.